The van der Waals surface area contributed by atoms with Crippen molar-refractivity contribution in [2.75, 3.05) is 23.3 Å². The summed E-state index contributed by atoms with van der Waals surface area (Å²) in [6.45, 7) is 6.77. The van der Waals surface area contributed by atoms with Gasteiger partial charge in [-0.25, -0.2) is 4.98 Å². The number of hydrogen-bond donors (Lipinski definition) is 1. The van der Waals surface area contributed by atoms with Gasteiger partial charge in [0.15, 0.2) is 0 Å². The number of halogens is 1. The van der Waals surface area contributed by atoms with E-state index in [0.717, 1.165) is 47.2 Å². The highest BCUT2D eigenvalue weighted by Crippen LogP contribution is 2.32. The molecule has 0 bridgehead atoms. The molecule has 4 rings (SSSR count). The van der Waals surface area contributed by atoms with E-state index >= 15 is 0 Å². The number of fused-ring (bicyclic) bond motifs is 1. The molecule has 0 aliphatic carbocycles. The van der Waals surface area contributed by atoms with E-state index in [2.05, 4.69) is 64.4 Å². The minimum atomic E-state index is 0.281. The molecule has 3 heterocycles. The van der Waals surface area contributed by atoms with E-state index in [4.69, 9.17) is 11.6 Å². The van der Waals surface area contributed by atoms with Crippen LogP contribution in [0.4, 0.5) is 17.2 Å². The SMILES string of the molecule is CCc1cc2c(Nc3ccc(N4CCC(C)CC4)cc3)nc(Cl)nc2s1. The lowest BCUT2D eigenvalue weighted by molar-refractivity contribution is 0.438. The van der Waals surface area contributed by atoms with Gasteiger partial charge in [0.2, 0.25) is 5.28 Å². The van der Waals surface area contributed by atoms with Crippen LogP contribution in [0.1, 0.15) is 31.6 Å². The van der Waals surface area contributed by atoms with Crippen molar-refractivity contribution in [3.63, 3.8) is 0 Å². The molecule has 1 N–H and O–H groups in total. The van der Waals surface area contributed by atoms with E-state index in [9.17, 15) is 0 Å². The Balaban J connectivity index is 1.56. The summed E-state index contributed by atoms with van der Waals surface area (Å²) in [6.07, 6.45) is 3.53. The van der Waals surface area contributed by atoms with Crippen molar-refractivity contribution in [3.8, 4) is 0 Å². The van der Waals surface area contributed by atoms with Crippen LogP contribution >= 0.6 is 22.9 Å². The maximum atomic E-state index is 6.12. The Bertz CT molecular complexity index is 898. The van der Waals surface area contributed by atoms with Gasteiger partial charge in [-0.2, -0.15) is 4.98 Å². The van der Waals surface area contributed by atoms with Crippen molar-refractivity contribution in [2.24, 2.45) is 5.92 Å². The number of rotatable bonds is 4. The first kappa shape index (κ1) is 17.6. The van der Waals surface area contributed by atoms with Crippen LogP contribution in [0.25, 0.3) is 10.2 Å². The van der Waals surface area contributed by atoms with Crippen molar-refractivity contribution >= 4 is 50.3 Å². The zero-order valence-corrected chi connectivity index (χ0v) is 16.7. The van der Waals surface area contributed by atoms with Gasteiger partial charge in [0.25, 0.3) is 0 Å². The third kappa shape index (κ3) is 3.64. The van der Waals surface area contributed by atoms with Crippen molar-refractivity contribution in [3.05, 3.63) is 40.5 Å². The van der Waals surface area contributed by atoms with Gasteiger partial charge >= 0.3 is 0 Å². The van der Waals surface area contributed by atoms with Gasteiger partial charge in [0.05, 0.1) is 5.39 Å². The molecule has 0 amide bonds. The number of piperidine rings is 1. The highest BCUT2D eigenvalue weighted by atomic mass is 35.5. The second-order valence-corrected chi connectivity index (χ2v) is 8.42. The lowest BCUT2D eigenvalue weighted by Gasteiger charge is -2.32. The van der Waals surface area contributed by atoms with Crippen LogP contribution in [0.5, 0.6) is 0 Å². The van der Waals surface area contributed by atoms with E-state index < -0.39 is 0 Å². The van der Waals surface area contributed by atoms with Gasteiger partial charge in [0.1, 0.15) is 10.6 Å². The van der Waals surface area contributed by atoms with Crippen LogP contribution in [0.3, 0.4) is 0 Å². The topological polar surface area (TPSA) is 41.0 Å². The second kappa shape index (κ2) is 7.41. The number of nitrogens with one attached hydrogen (secondary N) is 1. The Hall–Kier alpha value is -1.85. The molecule has 1 aromatic carbocycles. The Morgan fingerprint density at radius 3 is 2.62 bits per heavy atom. The van der Waals surface area contributed by atoms with E-state index in [1.807, 2.05) is 0 Å². The first-order chi connectivity index (χ1) is 12.6. The lowest BCUT2D eigenvalue weighted by atomic mass is 9.99. The fourth-order valence-corrected chi connectivity index (χ4v) is 4.56. The second-order valence-electron chi connectivity index (χ2n) is 6.97. The molecular formula is C20H23ClN4S. The molecule has 1 aliphatic heterocycles. The summed E-state index contributed by atoms with van der Waals surface area (Å²) >= 11 is 7.79. The molecule has 2 aromatic heterocycles. The maximum absolute atomic E-state index is 6.12. The quantitative estimate of drug-likeness (QED) is 0.568. The number of anilines is 3. The summed E-state index contributed by atoms with van der Waals surface area (Å²) in [7, 11) is 0. The van der Waals surface area contributed by atoms with Crippen LogP contribution in [-0.4, -0.2) is 23.1 Å². The van der Waals surface area contributed by atoms with Crippen molar-refractivity contribution in [1.29, 1.82) is 0 Å². The third-order valence-corrected chi connectivity index (χ3v) is 6.39. The zero-order valence-electron chi connectivity index (χ0n) is 15.1. The van der Waals surface area contributed by atoms with Gasteiger partial charge in [0, 0.05) is 29.3 Å². The molecule has 0 unspecified atom stereocenters. The Morgan fingerprint density at radius 2 is 1.92 bits per heavy atom. The first-order valence-electron chi connectivity index (χ1n) is 9.20. The normalized spacial score (nSPS) is 15.6. The number of thiophene rings is 1. The molecule has 1 saturated heterocycles. The van der Waals surface area contributed by atoms with Crippen molar-refractivity contribution in [1.82, 2.24) is 9.97 Å². The number of nitrogens with zero attached hydrogens (tertiary/aromatic N) is 3. The molecule has 1 fully saturated rings. The summed E-state index contributed by atoms with van der Waals surface area (Å²) in [5, 5.41) is 4.73. The summed E-state index contributed by atoms with van der Waals surface area (Å²) in [4.78, 5) is 13.4. The molecule has 0 atom stereocenters. The molecule has 136 valence electrons. The van der Waals surface area contributed by atoms with Gasteiger partial charge in [-0.3, -0.25) is 0 Å². The smallest absolute Gasteiger partial charge is 0.225 e. The highest BCUT2D eigenvalue weighted by Gasteiger charge is 2.16. The fraction of sp³-hybridized carbons (Fsp3) is 0.400. The minimum absolute atomic E-state index is 0.281. The van der Waals surface area contributed by atoms with Crippen LogP contribution in [-0.2, 0) is 6.42 Å². The molecule has 0 saturated carbocycles. The highest BCUT2D eigenvalue weighted by molar-refractivity contribution is 7.18. The Morgan fingerprint density at radius 1 is 1.19 bits per heavy atom. The molecule has 4 nitrogen and oxygen atoms in total. The molecule has 26 heavy (non-hydrogen) atoms. The van der Waals surface area contributed by atoms with Gasteiger partial charge < -0.3 is 10.2 Å². The minimum Gasteiger partial charge on any atom is -0.372 e. The number of hydrogen-bond acceptors (Lipinski definition) is 5. The third-order valence-electron chi connectivity index (χ3n) is 5.04. The maximum Gasteiger partial charge on any atom is 0.225 e. The van der Waals surface area contributed by atoms with Gasteiger partial charge in [-0.05, 0) is 67.1 Å². The van der Waals surface area contributed by atoms with Crippen molar-refractivity contribution in [2.45, 2.75) is 33.1 Å². The molecule has 0 spiro atoms. The molecule has 0 radical (unpaired) electrons. The average molecular weight is 387 g/mol. The predicted molar refractivity (Wildman–Crippen MR) is 112 cm³/mol. The van der Waals surface area contributed by atoms with E-state index in [1.54, 1.807) is 11.3 Å². The lowest BCUT2D eigenvalue weighted by Crippen LogP contribution is -2.32. The standard InChI is InChI=1S/C20H23ClN4S/c1-3-16-12-17-18(23-20(21)24-19(17)26-16)22-14-4-6-15(7-5-14)25-10-8-13(2)9-11-25/h4-7,12-13H,3,8-11H2,1-2H3,(H,22,23,24). The summed E-state index contributed by atoms with van der Waals surface area (Å²) in [6, 6.07) is 10.7. The van der Waals surface area contributed by atoms with Crippen LogP contribution in [0.15, 0.2) is 30.3 Å². The summed E-state index contributed by atoms with van der Waals surface area (Å²) in [5.41, 5.74) is 2.30. The van der Waals surface area contributed by atoms with Gasteiger partial charge in [-0.1, -0.05) is 13.8 Å². The van der Waals surface area contributed by atoms with Crippen molar-refractivity contribution < 1.29 is 0 Å². The molecule has 6 heteroatoms. The summed E-state index contributed by atoms with van der Waals surface area (Å²) in [5.74, 6) is 1.62. The number of aryl methyl sites for hydroxylation is 1. The number of aromatic nitrogens is 2. The van der Waals surface area contributed by atoms with Gasteiger partial charge in [-0.15, -0.1) is 11.3 Å². The monoisotopic (exact) mass is 386 g/mol. The Labute approximate surface area is 163 Å². The largest absolute Gasteiger partial charge is 0.372 e. The fourth-order valence-electron chi connectivity index (χ4n) is 3.37. The van der Waals surface area contributed by atoms with Crippen LogP contribution in [0.2, 0.25) is 5.28 Å². The van der Waals surface area contributed by atoms with E-state index in [1.165, 1.54) is 23.4 Å². The average Bonchev–Trinajstić information content (AvgIpc) is 3.06. The Kier molecular flexibility index (Phi) is 5.00. The molecule has 3 aromatic rings. The first-order valence-corrected chi connectivity index (χ1v) is 10.4. The summed E-state index contributed by atoms with van der Waals surface area (Å²) < 4.78 is 0. The van der Waals surface area contributed by atoms with Crippen LogP contribution in [0, 0.1) is 5.92 Å². The van der Waals surface area contributed by atoms with Crippen LogP contribution < -0.4 is 10.2 Å². The van der Waals surface area contributed by atoms with E-state index in [0.29, 0.717) is 0 Å². The van der Waals surface area contributed by atoms with E-state index in [-0.39, 0.29) is 5.28 Å². The number of benzene rings is 1. The molecule has 1 aliphatic rings. The molecular weight excluding hydrogens is 364 g/mol. The zero-order chi connectivity index (χ0) is 18.1. The predicted octanol–water partition coefficient (Wildman–Crippen LogP) is 5.89.